The number of ether oxygens (including phenoxy) is 1. The van der Waals surface area contributed by atoms with Gasteiger partial charge in [-0.15, -0.1) is 0 Å². The highest BCUT2D eigenvalue weighted by Crippen LogP contribution is 2.25. The van der Waals surface area contributed by atoms with Gasteiger partial charge in [-0.2, -0.15) is 13.2 Å². The van der Waals surface area contributed by atoms with E-state index in [9.17, 15) is 22.8 Å². The molecule has 4 heterocycles. The number of fused-ring (bicyclic) bond motifs is 1. The van der Waals surface area contributed by atoms with Crippen LogP contribution in [0.15, 0.2) is 67.1 Å². The minimum atomic E-state index is -4.45. The predicted molar refractivity (Wildman–Crippen MR) is 133 cm³/mol. The maximum atomic E-state index is 12.7. The van der Waals surface area contributed by atoms with Crippen LogP contribution in [0.5, 0.6) is 0 Å². The number of nitrogens with zero attached hydrogens (tertiary/aromatic N) is 4. The topological polar surface area (TPSA) is 88.8 Å². The van der Waals surface area contributed by atoms with E-state index in [0.717, 1.165) is 16.8 Å². The van der Waals surface area contributed by atoms with Crippen molar-refractivity contribution >= 4 is 17.5 Å². The second kappa shape index (κ2) is 10.6. The third kappa shape index (κ3) is 5.83. The molecule has 2 amide bonds. The summed E-state index contributed by atoms with van der Waals surface area (Å²) >= 11 is 0. The molecule has 11 heteroatoms. The molecule has 0 bridgehead atoms. The Morgan fingerprint density at radius 3 is 2.53 bits per heavy atom. The summed E-state index contributed by atoms with van der Waals surface area (Å²) in [7, 11) is 0. The predicted octanol–water partition coefficient (Wildman–Crippen LogP) is 3.76. The first kappa shape index (κ1) is 25.4. The summed E-state index contributed by atoms with van der Waals surface area (Å²) in [4.78, 5) is 35.3. The van der Waals surface area contributed by atoms with Crippen LogP contribution in [0.4, 0.5) is 13.2 Å². The highest BCUT2D eigenvalue weighted by molar-refractivity contribution is 5.94. The molecule has 0 spiro atoms. The van der Waals surface area contributed by atoms with Crippen molar-refractivity contribution in [3.8, 4) is 22.5 Å². The molecule has 196 valence electrons. The summed E-state index contributed by atoms with van der Waals surface area (Å²) in [6, 6.07) is 14.4. The van der Waals surface area contributed by atoms with Gasteiger partial charge in [-0.25, -0.2) is 4.98 Å². The number of aromatic nitrogens is 3. The van der Waals surface area contributed by atoms with Gasteiger partial charge in [0.15, 0.2) is 0 Å². The number of halogens is 3. The van der Waals surface area contributed by atoms with Gasteiger partial charge in [0, 0.05) is 36.6 Å². The molecule has 0 radical (unpaired) electrons. The highest BCUT2D eigenvalue weighted by Gasteiger charge is 2.27. The maximum Gasteiger partial charge on any atom is 0.405 e. The fourth-order valence-electron chi connectivity index (χ4n) is 4.28. The molecule has 0 aliphatic carbocycles. The Morgan fingerprint density at radius 1 is 0.974 bits per heavy atom. The third-order valence-electron chi connectivity index (χ3n) is 6.19. The van der Waals surface area contributed by atoms with Crippen molar-refractivity contribution in [2.24, 2.45) is 0 Å². The van der Waals surface area contributed by atoms with Gasteiger partial charge in [-0.05, 0) is 35.9 Å². The smallest absolute Gasteiger partial charge is 0.378 e. The van der Waals surface area contributed by atoms with Gasteiger partial charge < -0.3 is 15.0 Å². The molecule has 1 N–H and O–H groups in total. The van der Waals surface area contributed by atoms with Gasteiger partial charge in [-0.3, -0.25) is 19.0 Å². The summed E-state index contributed by atoms with van der Waals surface area (Å²) in [5.41, 5.74) is 4.84. The highest BCUT2D eigenvalue weighted by atomic mass is 19.4. The molecule has 0 atom stereocenters. The van der Waals surface area contributed by atoms with Crippen molar-refractivity contribution < 1.29 is 27.5 Å². The number of amides is 2. The van der Waals surface area contributed by atoms with Crippen molar-refractivity contribution in [2.75, 3.05) is 32.8 Å². The molecule has 0 unspecified atom stereocenters. The lowest BCUT2D eigenvalue weighted by atomic mass is 10.1. The second-order valence-corrected chi connectivity index (χ2v) is 8.89. The Hall–Kier alpha value is -4.25. The van der Waals surface area contributed by atoms with Gasteiger partial charge >= 0.3 is 6.18 Å². The van der Waals surface area contributed by atoms with Crippen LogP contribution in [0, 0.1) is 0 Å². The molecular weight excluding hydrogens is 499 g/mol. The van der Waals surface area contributed by atoms with E-state index in [1.165, 1.54) is 0 Å². The fourth-order valence-corrected chi connectivity index (χ4v) is 4.28. The number of pyridine rings is 2. The molecule has 8 nitrogen and oxygen atoms in total. The number of morpholine rings is 1. The minimum Gasteiger partial charge on any atom is -0.378 e. The van der Waals surface area contributed by atoms with E-state index >= 15 is 0 Å². The molecule has 1 fully saturated rings. The van der Waals surface area contributed by atoms with E-state index in [4.69, 9.17) is 4.74 Å². The van der Waals surface area contributed by atoms with Gasteiger partial charge in [0.25, 0.3) is 5.91 Å². The van der Waals surface area contributed by atoms with Crippen LogP contribution in [0.25, 0.3) is 28.2 Å². The largest absolute Gasteiger partial charge is 0.405 e. The minimum absolute atomic E-state index is 0.0687. The van der Waals surface area contributed by atoms with E-state index in [1.54, 1.807) is 47.6 Å². The lowest BCUT2D eigenvalue weighted by molar-refractivity contribution is -0.138. The third-order valence-corrected chi connectivity index (χ3v) is 6.19. The standard InChI is InChI=1S/C27H24F3N5O3/c28-27(29,30)17-33-25(36)13-18-2-1-3-20(12-18)23-16-32-24-14-19(6-7-35(23)24)22-5-4-21(15-31-22)26(37)34-8-10-38-11-9-34/h1-7,12,14-16H,8-11,13,17H2,(H,33,36). The summed E-state index contributed by atoms with van der Waals surface area (Å²) in [5, 5.41) is 1.89. The van der Waals surface area contributed by atoms with Crippen molar-refractivity contribution in [1.29, 1.82) is 0 Å². The Kier molecular flexibility index (Phi) is 7.10. The van der Waals surface area contributed by atoms with Gasteiger partial charge in [-0.1, -0.05) is 18.2 Å². The lowest BCUT2D eigenvalue weighted by Crippen LogP contribution is -2.40. The normalized spacial score (nSPS) is 14.0. The second-order valence-electron chi connectivity index (χ2n) is 8.89. The average Bonchev–Trinajstić information content (AvgIpc) is 3.35. The van der Waals surface area contributed by atoms with Crippen LogP contribution in [-0.2, 0) is 16.0 Å². The molecule has 3 aromatic heterocycles. The number of imidazole rings is 1. The van der Waals surface area contributed by atoms with E-state index in [1.807, 2.05) is 34.1 Å². The SMILES string of the molecule is O=C(Cc1cccc(-c2cnc3cc(-c4ccc(C(=O)N5CCOCC5)cn4)ccn23)c1)NCC(F)(F)F. The number of alkyl halides is 3. The zero-order valence-corrected chi connectivity index (χ0v) is 20.2. The molecule has 4 aromatic rings. The number of rotatable bonds is 6. The maximum absolute atomic E-state index is 12.7. The van der Waals surface area contributed by atoms with E-state index in [2.05, 4.69) is 9.97 Å². The van der Waals surface area contributed by atoms with Crippen LogP contribution < -0.4 is 5.32 Å². The first-order chi connectivity index (χ1) is 18.3. The summed E-state index contributed by atoms with van der Waals surface area (Å²) in [6.07, 6.45) is 0.500. The van der Waals surface area contributed by atoms with Crippen molar-refractivity contribution in [1.82, 2.24) is 24.6 Å². The van der Waals surface area contributed by atoms with Crippen LogP contribution >= 0.6 is 0 Å². The first-order valence-electron chi connectivity index (χ1n) is 12.0. The molecule has 38 heavy (non-hydrogen) atoms. The van der Waals surface area contributed by atoms with Crippen molar-refractivity contribution in [3.63, 3.8) is 0 Å². The molecule has 1 saturated heterocycles. The van der Waals surface area contributed by atoms with E-state index < -0.39 is 18.6 Å². The molecular formula is C27H24F3N5O3. The van der Waals surface area contributed by atoms with Crippen molar-refractivity contribution in [2.45, 2.75) is 12.6 Å². The van der Waals surface area contributed by atoms with Gasteiger partial charge in [0.2, 0.25) is 5.91 Å². The average molecular weight is 524 g/mol. The zero-order valence-electron chi connectivity index (χ0n) is 20.2. The summed E-state index contributed by atoms with van der Waals surface area (Å²) < 4.78 is 44.3. The van der Waals surface area contributed by atoms with Crippen LogP contribution in [0.1, 0.15) is 15.9 Å². The van der Waals surface area contributed by atoms with E-state index in [0.29, 0.717) is 48.8 Å². The molecule has 1 aromatic carbocycles. The van der Waals surface area contributed by atoms with Gasteiger partial charge in [0.1, 0.15) is 12.2 Å². The zero-order chi connectivity index (χ0) is 26.7. The quantitative estimate of drug-likeness (QED) is 0.416. The Balaban J connectivity index is 1.32. The Labute approximate surface area is 216 Å². The number of hydrogen-bond acceptors (Lipinski definition) is 5. The molecule has 0 saturated carbocycles. The Bertz CT molecular complexity index is 1460. The first-order valence-corrected chi connectivity index (χ1v) is 12.0. The fraction of sp³-hybridized carbons (Fsp3) is 0.259. The molecule has 1 aliphatic rings. The van der Waals surface area contributed by atoms with Crippen LogP contribution in [0.2, 0.25) is 0 Å². The monoisotopic (exact) mass is 523 g/mol. The molecule has 1 aliphatic heterocycles. The summed E-state index contributed by atoms with van der Waals surface area (Å²) in [6.45, 7) is 0.834. The van der Waals surface area contributed by atoms with Crippen molar-refractivity contribution in [3.05, 3.63) is 78.2 Å². The van der Waals surface area contributed by atoms with Crippen LogP contribution in [-0.4, -0.2) is 70.1 Å². The van der Waals surface area contributed by atoms with Gasteiger partial charge in [0.05, 0.1) is 42.8 Å². The summed E-state index contributed by atoms with van der Waals surface area (Å²) in [5.74, 6) is -0.770. The molecule has 5 rings (SSSR count). The van der Waals surface area contributed by atoms with E-state index in [-0.39, 0.29) is 12.3 Å². The number of carbonyl (C=O) groups excluding carboxylic acids is 2. The number of nitrogens with one attached hydrogen (secondary N) is 1. The van der Waals surface area contributed by atoms with Crippen LogP contribution in [0.3, 0.4) is 0 Å². The number of carbonyl (C=O) groups is 2. The number of hydrogen-bond donors (Lipinski definition) is 1. The Morgan fingerprint density at radius 2 is 1.79 bits per heavy atom. The lowest BCUT2D eigenvalue weighted by Gasteiger charge is -2.26. The number of benzene rings is 1.